The standard InChI is InChI=1S/C16H13F2NO4/c1-22-15(20)11-5-3-4-8-19(14(11)16(21)23-2)13-9-10(17)6-7-12(13)18/h3-9H,1-2H3. The average molecular weight is 321 g/mol. The third-order valence-corrected chi connectivity index (χ3v) is 3.06. The summed E-state index contributed by atoms with van der Waals surface area (Å²) in [6.45, 7) is 0. The van der Waals surface area contributed by atoms with E-state index in [9.17, 15) is 18.4 Å². The lowest BCUT2D eigenvalue weighted by Gasteiger charge is -2.23. The van der Waals surface area contributed by atoms with Crippen LogP contribution in [0.5, 0.6) is 0 Å². The summed E-state index contributed by atoms with van der Waals surface area (Å²) >= 11 is 0. The second kappa shape index (κ2) is 6.87. The van der Waals surface area contributed by atoms with Crippen LogP contribution < -0.4 is 4.90 Å². The van der Waals surface area contributed by atoms with Gasteiger partial charge in [-0.05, 0) is 24.3 Å². The van der Waals surface area contributed by atoms with Gasteiger partial charge in [-0.15, -0.1) is 0 Å². The summed E-state index contributed by atoms with van der Waals surface area (Å²) in [6.07, 6.45) is 5.57. The lowest BCUT2D eigenvalue weighted by atomic mass is 10.1. The Morgan fingerprint density at radius 2 is 1.74 bits per heavy atom. The number of carbonyl (C=O) groups is 2. The van der Waals surface area contributed by atoms with Gasteiger partial charge in [0.2, 0.25) is 0 Å². The number of allylic oxidation sites excluding steroid dienone is 2. The van der Waals surface area contributed by atoms with Crippen molar-refractivity contribution < 1.29 is 27.8 Å². The second-order valence-corrected chi connectivity index (χ2v) is 4.41. The van der Waals surface area contributed by atoms with Gasteiger partial charge in [-0.2, -0.15) is 0 Å². The van der Waals surface area contributed by atoms with Crippen LogP contribution >= 0.6 is 0 Å². The van der Waals surface area contributed by atoms with Crippen molar-refractivity contribution in [2.24, 2.45) is 0 Å². The molecule has 1 aromatic rings. The van der Waals surface area contributed by atoms with Crippen molar-refractivity contribution in [3.63, 3.8) is 0 Å². The van der Waals surface area contributed by atoms with Gasteiger partial charge in [0.1, 0.15) is 17.3 Å². The Morgan fingerprint density at radius 1 is 1.04 bits per heavy atom. The number of hydrogen-bond acceptors (Lipinski definition) is 5. The molecule has 0 saturated carbocycles. The number of carbonyl (C=O) groups excluding carboxylic acids is 2. The zero-order valence-electron chi connectivity index (χ0n) is 12.4. The van der Waals surface area contributed by atoms with Gasteiger partial charge in [0, 0.05) is 12.3 Å². The number of benzene rings is 1. The van der Waals surface area contributed by atoms with E-state index in [0.717, 1.165) is 37.3 Å². The first kappa shape index (κ1) is 16.4. The van der Waals surface area contributed by atoms with Crippen LogP contribution in [-0.2, 0) is 19.1 Å². The van der Waals surface area contributed by atoms with Gasteiger partial charge in [-0.25, -0.2) is 18.4 Å². The van der Waals surface area contributed by atoms with E-state index in [1.165, 1.54) is 24.4 Å². The molecule has 0 amide bonds. The zero-order chi connectivity index (χ0) is 17.0. The van der Waals surface area contributed by atoms with E-state index in [2.05, 4.69) is 9.47 Å². The quantitative estimate of drug-likeness (QED) is 0.801. The summed E-state index contributed by atoms with van der Waals surface area (Å²) in [7, 11) is 2.26. The highest BCUT2D eigenvalue weighted by molar-refractivity contribution is 6.05. The fourth-order valence-corrected chi connectivity index (χ4v) is 2.02. The van der Waals surface area contributed by atoms with Gasteiger partial charge in [0.05, 0.1) is 25.5 Å². The molecule has 1 aliphatic heterocycles. The number of rotatable bonds is 3. The fourth-order valence-electron chi connectivity index (χ4n) is 2.02. The van der Waals surface area contributed by atoms with Crippen molar-refractivity contribution in [2.75, 3.05) is 19.1 Å². The van der Waals surface area contributed by atoms with Gasteiger partial charge in [0.15, 0.2) is 0 Å². The third-order valence-electron chi connectivity index (χ3n) is 3.06. The highest BCUT2D eigenvalue weighted by atomic mass is 19.1. The molecule has 0 saturated heterocycles. The molecular formula is C16H13F2NO4. The predicted molar refractivity (Wildman–Crippen MR) is 78.2 cm³/mol. The summed E-state index contributed by atoms with van der Waals surface area (Å²) in [5.74, 6) is -3.18. The smallest absolute Gasteiger partial charge is 0.355 e. The van der Waals surface area contributed by atoms with Crippen LogP contribution in [-0.4, -0.2) is 26.2 Å². The first-order valence-corrected chi connectivity index (χ1v) is 6.49. The van der Waals surface area contributed by atoms with Crippen molar-refractivity contribution in [1.29, 1.82) is 0 Å². The summed E-state index contributed by atoms with van der Waals surface area (Å²) in [5.41, 5.74) is -0.673. The minimum absolute atomic E-state index is 0.145. The molecule has 0 radical (unpaired) electrons. The maximum Gasteiger partial charge on any atom is 0.355 e. The number of esters is 2. The lowest BCUT2D eigenvalue weighted by molar-refractivity contribution is -0.139. The largest absolute Gasteiger partial charge is 0.465 e. The molecule has 1 heterocycles. The minimum Gasteiger partial charge on any atom is -0.465 e. The molecule has 0 atom stereocenters. The zero-order valence-corrected chi connectivity index (χ0v) is 12.4. The first-order valence-electron chi connectivity index (χ1n) is 6.49. The molecule has 7 heteroatoms. The van der Waals surface area contributed by atoms with E-state index in [1.807, 2.05) is 0 Å². The van der Waals surface area contributed by atoms with Gasteiger partial charge in [-0.1, -0.05) is 6.08 Å². The van der Waals surface area contributed by atoms with Crippen LogP contribution in [0.3, 0.4) is 0 Å². The van der Waals surface area contributed by atoms with Gasteiger partial charge < -0.3 is 14.4 Å². The Kier molecular flexibility index (Phi) is 4.90. The summed E-state index contributed by atoms with van der Waals surface area (Å²) < 4.78 is 36.9. The maximum atomic E-state index is 14.1. The molecule has 0 N–H and O–H groups in total. The Morgan fingerprint density at radius 3 is 2.39 bits per heavy atom. The van der Waals surface area contributed by atoms with Crippen LogP contribution in [0.1, 0.15) is 0 Å². The molecule has 0 bridgehead atoms. The molecule has 5 nitrogen and oxygen atoms in total. The van der Waals surface area contributed by atoms with E-state index < -0.39 is 23.6 Å². The van der Waals surface area contributed by atoms with Crippen molar-refractivity contribution in [3.8, 4) is 0 Å². The number of nitrogens with zero attached hydrogens (tertiary/aromatic N) is 1. The van der Waals surface area contributed by atoms with Crippen LogP contribution in [0, 0.1) is 11.6 Å². The Hall–Kier alpha value is -2.96. The SMILES string of the molecule is COC(=O)C1=C(C(=O)OC)N(c2cc(F)ccc2F)C=CC=C1. The highest BCUT2D eigenvalue weighted by Crippen LogP contribution is 2.29. The Balaban J connectivity index is 2.71. The van der Waals surface area contributed by atoms with Gasteiger partial charge in [0.25, 0.3) is 0 Å². The second-order valence-electron chi connectivity index (χ2n) is 4.41. The van der Waals surface area contributed by atoms with Gasteiger partial charge in [-0.3, -0.25) is 0 Å². The molecule has 0 spiro atoms. The lowest BCUT2D eigenvalue weighted by Crippen LogP contribution is -2.27. The number of anilines is 1. The van der Waals surface area contributed by atoms with Crippen LogP contribution in [0.2, 0.25) is 0 Å². The highest BCUT2D eigenvalue weighted by Gasteiger charge is 2.28. The fraction of sp³-hybridized carbons (Fsp3) is 0.125. The van der Waals surface area contributed by atoms with Crippen molar-refractivity contribution >= 4 is 17.6 Å². The molecule has 0 aliphatic carbocycles. The van der Waals surface area contributed by atoms with Crippen molar-refractivity contribution in [2.45, 2.75) is 0 Å². The number of methoxy groups -OCH3 is 2. The van der Waals surface area contributed by atoms with E-state index in [-0.39, 0.29) is 17.0 Å². The number of ether oxygens (including phenoxy) is 2. The molecule has 2 rings (SSSR count). The number of hydrogen-bond donors (Lipinski definition) is 0. The van der Waals surface area contributed by atoms with Crippen molar-refractivity contribution in [3.05, 3.63) is 65.5 Å². The molecule has 1 aliphatic rings. The maximum absolute atomic E-state index is 14.1. The average Bonchev–Trinajstić information content (AvgIpc) is 2.78. The molecule has 0 fully saturated rings. The molecular weight excluding hydrogens is 308 g/mol. The Bertz CT molecular complexity index is 738. The molecule has 23 heavy (non-hydrogen) atoms. The normalized spacial score (nSPS) is 13.8. The minimum atomic E-state index is -0.898. The van der Waals surface area contributed by atoms with Gasteiger partial charge >= 0.3 is 11.9 Å². The summed E-state index contributed by atoms with van der Waals surface area (Å²) in [6, 6.07) is 2.77. The topological polar surface area (TPSA) is 55.8 Å². The molecule has 120 valence electrons. The number of halogens is 2. The summed E-state index contributed by atoms with van der Waals surface area (Å²) in [5, 5.41) is 0. The van der Waals surface area contributed by atoms with Crippen LogP contribution in [0.4, 0.5) is 14.5 Å². The summed E-state index contributed by atoms with van der Waals surface area (Å²) in [4.78, 5) is 25.1. The van der Waals surface area contributed by atoms with E-state index in [1.54, 1.807) is 0 Å². The predicted octanol–water partition coefficient (Wildman–Crippen LogP) is 2.45. The van der Waals surface area contributed by atoms with E-state index in [4.69, 9.17) is 0 Å². The van der Waals surface area contributed by atoms with Crippen LogP contribution in [0.25, 0.3) is 0 Å². The monoisotopic (exact) mass is 321 g/mol. The molecule has 0 aromatic heterocycles. The Labute approximate surface area is 131 Å². The van der Waals surface area contributed by atoms with E-state index in [0.29, 0.717) is 0 Å². The third kappa shape index (κ3) is 3.28. The molecule has 0 unspecified atom stereocenters. The molecule has 1 aromatic carbocycles. The first-order chi connectivity index (χ1) is 11.0. The van der Waals surface area contributed by atoms with E-state index >= 15 is 0 Å². The van der Waals surface area contributed by atoms with Crippen molar-refractivity contribution in [1.82, 2.24) is 0 Å². The van der Waals surface area contributed by atoms with Crippen LogP contribution in [0.15, 0.2) is 53.9 Å².